The molecular formula is C18H15F3N4O. The zero-order valence-corrected chi connectivity index (χ0v) is 13.5. The van der Waals surface area contributed by atoms with Crippen molar-refractivity contribution in [3.8, 4) is 5.75 Å². The Labute approximate surface area is 147 Å². The summed E-state index contributed by atoms with van der Waals surface area (Å²) in [6, 6.07) is 12.3. The topological polar surface area (TPSA) is 52.0 Å². The highest BCUT2D eigenvalue weighted by Gasteiger charge is 2.32. The van der Waals surface area contributed by atoms with Crippen LogP contribution >= 0.6 is 0 Å². The molecule has 3 aromatic rings. The summed E-state index contributed by atoms with van der Waals surface area (Å²) in [6.07, 6.45) is 1.92. The van der Waals surface area contributed by atoms with Crippen LogP contribution in [0.1, 0.15) is 29.6 Å². The van der Waals surface area contributed by atoms with E-state index in [4.69, 9.17) is 0 Å². The molecule has 0 radical (unpaired) electrons. The highest BCUT2D eigenvalue weighted by atomic mass is 19.3. The van der Waals surface area contributed by atoms with Crippen molar-refractivity contribution in [2.24, 2.45) is 0 Å². The van der Waals surface area contributed by atoms with Crippen molar-refractivity contribution in [3.63, 3.8) is 0 Å². The van der Waals surface area contributed by atoms with Gasteiger partial charge in [0.25, 0.3) is 0 Å². The fourth-order valence-electron chi connectivity index (χ4n) is 3.25. The van der Waals surface area contributed by atoms with Crippen molar-refractivity contribution in [3.05, 3.63) is 71.8 Å². The second kappa shape index (κ2) is 6.70. The van der Waals surface area contributed by atoms with Gasteiger partial charge in [-0.3, -0.25) is 0 Å². The number of para-hydroxylation sites is 1. The van der Waals surface area contributed by atoms with Crippen LogP contribution in [0.5, 0.6) is 5.75 Å². The maximum absolute atomic E-state index is 13.2. The van der Waals surface area contributed by atoms with Crippen LogP contribution in [-0.4, -0.2) is 21.4 Å². The Morgan fingerprint density at radius 2 is 1.88 bits per heavy atom. The Kier molecular flexibility index (Phi) is 4.24. The Hall–Kier alpha value is -3.03. The van der Waals surface area contributed by atoms with Gasteiger partial charge in [0.15, 0.2) is 0 Å². The summed E-state index contributed by atoms with van der Waals surface area (Å²) in [5.41, 5.74) is 1.46. The van der Waals surface area contributed by atoms with Gasteiger partial charge in [-0.25, -0.2) is 9.07 Å². The van der Waals surface area contributed by atoms with E-state index in [0.29, 0.717) is 17.9 Å². The molecule has 1 aliphatic rings. The molecule has 2 heterocycles. The predicted octanol–water partition coefficient (Wildman–Crippen LogP) is 4.16. The quantitative estimate of drug-likeness (QED) is 0.759. The Balaban J connectivity index is 1.73. The Morgan fingerprint density at radius 3 is 2.65 bits per heavy atom. The van der Waals surface area contributed by atoms with E-state index in [2.05, 4.69) is 20.1 Å². The third-order valence-corrected chi connectivity index (χ3v) is 4.40. The number of halogens is 3. The lowest BCUT2D eigenvalue weighted by Crippen LogP contribution is -2.28. The fourth-order valence-corrected chi connectivity index (χ4v) is 3.25. The highest BCUT2D eigenvalue weighted by Crippen LogP contribution is 2.40. The van der Waals surface area contributed by atoms with Gasteiger partial charge in [-0.1, -0.05) is 30.3 Å². The molecule has 2 aromatic carbocycles. The molecule has 134 valence electrons. The monoisotopic (exact) mass is 360 g/mol. The summed E-state index contributed by atoms with van der Waals surface area (Å²) in [4.78, 5) is 4.19. The number of hydrogen-bond acceptors (Lipinski definition) is 4. The Morgan fingerprint density at radius 1 is 1.12 bits per heavy atom. The smallest absolute Gasteiger partial charge is 0.387 e. The van der Waals surface area contributed by atoms with Crippen molar-refractivity contribution < 1.29 is 17.9 Å². The largest absolute Gasteiger partial charge is 0.434 e. The van der Waals surface area contributed by atoms with Crippen LogP contribution in [0.15, 0.2) is 54.9 Å². The number of anilines is 1. The SMILES string of the molecule is Fc1ccc([C@H]2C[C@H](c3ccccc3OC(F)F)n3ncnc3N2)cc1. The summed E-state index contributed by atoms with van der Waals surface area (Å²) in [7, 11) is 0. The second-order valence-electron chi connectivity index (χ2n) is 5.94. The zero-order chi connectivity index (χ0) is 18.1. The number of nitrogens with one attached hydrogen (secondary N) is 1. The maximum atomic E-state index is 13.2. The number of rotatable bonds is 4. The molecule has 1 N–H and O–H groups in total. The molecule has 1 aromatic heterocycles. The van der Waals surface area contributed by atoms with E-state index in [1.54, 1.807) is 35.0 Å². The number of nitrogens with zero attached hydrogens (tertiary/aromatic N) is 3. The normalized spacial score (nSPS) is 19.1. The first-order valence-electron chi connectivity index (χ1n) is 8.07. The zero-order valence-electron chi connectivity index (χ0n) is 13.5. The lowest BCUT2D eigenvalue weighted by molar-refractivity contribution is -0.0507. The van der Waals surface area contributed by atoms with Gasteiger partial charge in [-0.05, 0) is 30.2 Å². The molecule has 0 fully saturated rings. The average Bonchev–Trinajstić information content (AvgIpc) is 3.10. The van der Waals surface area contributed by atoms with Gasteiger partial charge in [0.2, 0.25) is 5.95 Å². The number of aromatic nitrogens is 3. The Bertz CT molecular complexity index is 897. The molecule has 4 rings (SSSR count). The molecule has 0 saturated heterocycles. The first-order chi connectivity index (χ1) is 12.6. The van der Waals surface area contributed by atoms with Crippen LogP contribution in [0.2, 0.25) is 0 Å². The van der Waals surface area contributed by atoms with E-state index in [1.165, 1.54) is 24.5 Å². The highest BCUT2D eigenvalue weighted by molar-refractivity contribution is 5.42. The molecule has 0 aliphatic carbocycles. The van der Waals surface area contributed by atoms with Crippen molar-refractivity contribution in [2.75, 3.05) is 5.32 Å². The third kappa shape index (κ3) is 3.10. The lowest BCUT2D eigenvalue weighted by atomic mass is 9.93. The number of benzene rings is 2. The first-order valence-corrected chi connectivity index (χ1v) is 8.07. The number of fused-ring (bicyclic) bond motifs is 1. The molecule has 0 amide bonds. The van der Waals surface area contributed by atoms with Gasteiger partial charge in [0.1, 0.15) is 17.9 Å². The minimum Gasteiger partial charge on any atom is -0.434 e. The molecule has 0 saturated carbocycles. The van der Waals surface area contributed by atoms with Crippen LogP contribution in [-0.2, 0) is 0 Å². The second-order valence-corrected chi connectivity index (χ2v) is 5.94. The van der Waals surface area contributed by atoms with E-state index < -0.39 is 6.61 Å². The summed E-state index contributed by atoms with van der Waals surface area (Å²) >= 11 is 0. The van der Waals surface area contributed by atoms with Crippen molar-refractivity contribution >= 4 is 5.95 Å². The van der Waals surface area contributed by atoms with E-state index in [-0.39, 0.29) is 23.7 Å². The molecular weight excluding hydrogens is 345 g/mol. The van der Waals surface area contributed by atoms with E-state index in [0.717, 1.165) is 5.56 Å². The minimum absolute atomic E-state index is 0.105. The van der Waals surface area contributed by atoms with Gasteiger partial charge in [0.05, 0.1) is 12.1 Å². The standard InChI is InChI=1S/C18H15F3N4O/c19-12-7-5-11(6-8-12)14-9-15(25-18(24-14)22-10-23-25)13-3-1-2-4-16(13)26-17(20)21/h1-8,10,14-15,17H,9H2,(H,22,23,24)/t14-,15-/m1/s1. The van der Waals surface area contributed by atoms with E-state index in [9.17, 15) is 13.2 Å². The predicted molar refractivity (Wildman–Crippen MR) is 88.6 cm³/mol. The number of hydrogen-bond donors (Lipinski definition) is 1. The summed E-state index contributed by atoms with van der Waals surface area (Å²) in [5, 5.41) is 7.47. The van der Waals surface area contributed by atoms with E-state index >= 15 is 0 Å². The molecule has 5 nitrogen and oxygen atoms in total. The number of alkyl halides is 2. The van der Waals surface area contributed by atoms with Gasteiger partial charge >= 0.3 is 6.61 Å². The molecule has 0 unspecified atom stereocenters. The van der Waals surface area contributed by atoms with Crippen LogP contribution in [0.4, 0.5) is 19.1 Å². The van der Waals surface area contributed by atoms with Crippen LogP contribution in [0, 0.1) is 5.82 Å². The molecule has 26 heavy (non-hydrogen) atoms. The van der Waals surface area contributed by atoms with Crippen LogP contribution < -0.4 is 10.1 Å². The van der Waals surface area contributed by atoms with Gasteiger partial charge < -0.3 is 10.1 Å². The fraction of sp³-hybridized carbons (Fsp3) is 0.222. The minimum atomic E-state index is -2.92. The average molecular weight is 360 g/mol. The van der Waals surface area contributed by atoms with Crippen molar-refractivity contribution in [1.29, 1.82) is 0 Å². The van der Waals surface area contributed by atoms with Gasteiger partial charge in [0, 0.05) is 5.56 Å². The van der Waals surface area contributed by atoms with Gasteiger partial charge in [-0.2, -0.15) is 18.9 Å². The summed E-state index contributed by atoms with van der Waals surface area (Å²) < 4.78 is 45.1. The lowest BCUT2D eigenvalue weighted by Gasteiger charge is -2.32. The molecule has 8 heteroatoms. The van der Waals surface area contributed by atoms with Crippen LogP contribution in [0.3, 0.4) is 0 Å². The van der Waals surface area contributed by atoms with Crippen molar-refractivity contribution in [1.82, 2.24) is 14.8 Å². The maximum Gasteiger partial charge on any atom is 0.387 e. The first kappa shape index (κ1) is 16.4. The third-order valence-electron chi connectivity index (χ3n) is 4.40. The van der Waals surface area contributed by atoms with E-state index in [1.807, 2.05) is 0 Å². The molecule has 0 spiro atoms. The van der Waals surface area contributed by atoms with Crippen LogP contribution in [0.25, 0.3) is 0 Å². The molecule has 1 aliphatic heterocycles. The molecule has 2 atom stereocenters. The number of ether oxygens (including phenoxy) is 1. The summed E-state index contributed by atoms with van der Waals surface area (Å²) in [6.45, 7) is -2.92. The van der Waals surface area contributed by atoms with Crippen molar-refractivity contribution in [2.45, 2.75) is 25.1 Å². The van der Waals surface area contributed by atoms with Gasteiger partial charge in [-0.15, -0.1) is 0 Å². The summed E-state index contributed by atoms with van der Waals surface area (Å²) in [5.74, 6) is 0.302. The molecule has 0 bridgehead atoms.